The van der Waals surface area contributed by atoms with Crippen LogP contribution >= 0.6 is 23.2 Å². The summed E-state index contributed by atoms with van der Waals surface area (Å²) in [6, 6.07) is 5.49. The van der Waals surface area contributed by atoms with Crippen LogP contribution in [0.15, 0.2) is 18.2 Å². The monoisotopic (exact) mass is 259 g/mol. The van der Waals surface area contributed by atoms with Gasteiger partial charge in [-0.25, -0.2) is 0 Å². The maximum Gasteiger partial charge on any atom is 0.0730 e. The largest absolute Gasteiger partial charge is 0.377 e. The van der Waals surface area contributed by atoms with Gasteiger partial charge in [-0.1, -0.05) is 29.3 Å². The number of rotatable bonds is 3. The van der Waals surface area contributed by atoms with E-state index in [1.54, 1.807) is 0 Å². The first kappa shape index (κ1) is 12.2. The maximum atomic E-state index is 6.11. The molecule has 0 amide bonds. The maximum absolute atomic E-state index is 6.11. The second-order valence-corrected chi connectivity index (χ2v) is 4.93. The minimum atomic E-state index is -0.0279. The van der Waals surface area contributed by atoms with Gasteiger partial charge >= 0.3 is 0 Å². The van der Waals surface area contributed by atoms with Crippen LogP contribution in [0.25, 0.3) is 0 Å². The zero-order chi connectivity index (χ0) is 11.5. The molecule has 1 aromatic rings. The lowest BCUT2D eigenvalue weighted by molar-refractivity contribution is 0.0900. The summed E-state index contributed by atoms with van der Waals surface area (Å²) in [7, 11) is 0. The molecule has 1 fully saturated rings. The highest BCUT2D eigenvalue weighted by atomic mass is 35.5. The summed E-state index contributed by atoms with van der Waals surface area (Å²) in [5.41, 5.74) is 7.03. The Morgan fingerprint density at radius 2 is 2.06 bits per heavy atom. The number of ether oxygens (including phenoxy) is 1. The Hall–Kier alpha value is -0.280. The van der Waals surface area contributed by atoms with Gasteiger partial charge < -0.3 is 10.5 Å². The van der Waals surface area contributed by atoms with Gasteiger partial charge in [0.15, 0.2) is 0 Å². The van der Waals surface area contributed by atoms with Crippen molar-refractivity contribution in [2.24, 2.45) is 5.73 Å². The van der Waals surface area contributed by atoms with Crippen molar-refractivity contribution >= 4 is 23.2 Å². The van der Waals surface area contributed by atoms with E-state index in [-0.39, 0.29) is 12.1 Å². The second-order valence-electron chi connectivity index (χ2n) is 4.12. The van der Waals surface area contributed by atoms with E-state index in [4.69, 9.17) is 33.7 Å². The number of nitrogens with two attached hydrogens (primary N) is 1. The molecular formula is C12H15Cl2NO. The molecule has 1 aromatic carbocycles. The fourth-order valence-electron chi connectivity index (χ4n) is 2.03. The summed E-state index contributed by atoms with van der Waals surface area (Å²) in [5.74, 6) is 0. The van der Waals surface area contributed by atoms with Gasteiger partial charge in [0.05, 0.1) is 6.10 Å². The summed E-state index contributed by atoms with van der Waals surface area (Å²) < 4.78 is 5.56. The Kier molecular flexibility index (Phi) is 4.09. The van der Waals surface area contributed by atoms with Crippen molar-refractivity contribution in [2.45, 2.75) is 31.4 Å². The van der Waals surface area contributed by atoms with Crippen LogP contribution in [0.3, 0.4) is 0 Å². The van der Waals surface area contributed by atoms with Gasteiger partial charge in [-0.15, -0.1) is 0 Å². The molecule has 0 radical (unpaired) electrons. The highest BCUT2D eigenvalue weighted by Crippen LogP contribution is 2.27. The van der Waals surface area contributed by atoms with Crippen LogP contribution < -0.4 is 5.73 Å². The third kappa shape index (κ3) is 2.69. The molecule has 1 heterocycles. The topological polar surface area (TPSA) is 35.2 Å². The van der Waals surface area contributed by atoms with Crippen molar-refractivity contribution in [3.8, 4) is 0 Å². The van der Waals surface area contributed by atoms with E-state index >= 15 is 0 Å². The molecule has 1 aliphatic rings. The first-order valence-electron chi connectivity index (χ1n) is 5.48. The molecule has 2 nitrogen and oxygen atoms in total. The van der Waals surface area contributed by atoms with E-state index in [1.165, 1.54) is 0 Å². The lowest BCUT2D eigenvalue weighted by atomic mass is 10.0. The van der Waals surface area contributed by atoms with Crippen LogP contribution in [0, 0.1) is 0 Å². The summed E-state index contributed by atoms with van der Waals surface area (Å²) in [4.78, 5) is 0. The van der Waals surface area contributed by atoms with Gasteiger partial charge in [-0.3, -0.25) is 0 Å². The molecule has 16 heavy (non-hydrogen) atoms. The summed E-state index contributed by atoms with van der Waals surface area (Å²) in [6.07, 6.45) is 2.94. The standard InChI is InChI=1S/C12H15Cl2NO/c13-9-3-1-4-10(14)8(9)7-11(15)12-5-2-6-16-12/h1,3-4,11-12H,2,5-7,15H2. The SMILES string of the molecule is NC(Cc1c(Cl)cccc1Cl)C1CCCO1. The van der Waals surface area contributed by atoms with Gasteiger partial charge in [0.2, 0.25) is 0 Å². The minimum absolute atomic E-state index is 0.0279. The minimum Gasteiger partial charge on any atom is -0.377 e. The first-order chi connectivity index (χ1) is 7.68. The van der Waals surface area contributed by atoms with Crippen LogP contribution in [-0.4, -0.2) is 18.8 Å². The molecule has 1 saturated heterocycles. The highest BCUT2D eigenvalue weighted by Gasteiger charge is 2.24. The summed E-state index contributed by atoms with van der Waals surface area (Å²) in [5, 5.41) is 1.36. The Morgan fingerprint density at radius 3 is 2.62 bits per heavy atom. The predicted octanol–water partition coefficient (Wildman–Crippen LogP) is 3.04. The normalized spacial score (nSPS) is 22.3. The number of benzene rings is 1. The van der Waals surface area contributed by atoms with Crippen molar-refractivity contribution in [3.63, 3.8) is 0 Å². The molecule has 2 N–H and O–H groups in total. The molecule has 0 bridgehead atoms. The Bertz CT molecular complexity index is 344. The van der Waals surface area contributed by atoms with Crippen molar-refractivity contribution < 1.29 is 4.74 Å². The quantitative estimate of drug-likeness (QED) is 0.906. The average molecular weight is 260 g/mol. The zero-order valence-corrected chi connectivity index (χ0v) is 10.5. The Morgan fingerprint density at radius 1 is 1.38 bits per heavy atom. The molecular weight excluding hydrogens is 245 g/mol. The van der Waals surface area contributed by atoms with Gasteiger partial charge in [0, 0.05) is 22.7 Å². The third-order valence-electron chi connectivity index (χ3n) is 2.94. The molecule has 4 heteroatoms. The Balaban J connectivity index is 2.07. The molecule has 1 aliphatic heterocycles. The molecule has 2 atom stereocenters. The fraction of sp³-hybridized carbons (Fsp3) is 0.500. The van der Waals surface area contributed by atoms with Crippen LogP contribution in [-0.2, 0) is 11.2 Å². The Labute approximate surface area is 106 Å². The summed E-state index contributed by atoms with van der Waals surface area (Å²) in [6.45, 7) is 0.814. The lowest BCUT2D eigenvalue weighted by Gasteiger charge is -2.19. The smallest absolute Gasteiger partial charge is 0.0730 e. The fourth-order valence-corrected chi connectivity index (χ4v) is 2.59. The van der Waals surface area contributed by atoms with E-state index < -0.39 is 0 Å². The van der Waals surface area contributed by atoms with E-state index in [2.05, 4.69) is 0 Å². The highest BCUT2D eigenvalue weighted by molar-refractivity contribution is 6.35. The molecule has 2 rings (SSSR count). The molecule has 0 aliphatic carbocycles. The van der Waals surface area contributed by atoms with Crippen molar-refractivity contribution in [3.05, 3.63) is 33.8 Å². The van der Waals surface area contributed by atoms with Gasteiger partial charge in [-0.05, 0) is 37.0 Å². The molecule has 88 valence electrons. The van der Waals surface area contributed by atoms with Gasteiger partial charge in [-0.2, -0.15) is 0 Å². The van der Waals surface area contributed by atoms with E-state index in [0.29, 0.717) is 16.5 Å². The molecule has 0 saturated carbocycles. The van der Waals surface area contributed by atoms with E-state index in [0.717, 1.165) is 25.0 Å². The molecule has 0 spiro atoms. The second kappa shape index (κ2) is 5.37. The van der Waals surface area contributed by atoms with Crippen LogP contribution in [0.5, 0.6) is 0 Å². The third-order valence-corrected chi connectivity index (χ3v) is 3.65. The van der Waals surface area contributed by atoms with Crippen molar-refractivity contribution in [2.75, 3.05) is 6.61 Å². The van der Waals surface area contributed by atoms with Crippen LogP contribution in [0.1, 0.15) is 18.4 Å². The predicted molar refractivity (Wildman–Crippen MR) is 67.1 cm³/mol. The zero-order valence-electron chi connectivity index (χ0n) is 8.96. The average Bonchev–Trinajstić information content (AvgIpc) is 2.76. The van der Waals surface area contributed by atoms with Crippen LogP contribution in [0.4, 0.5) is 0 Å². The van der Waals surface area contributed by atoms with E-state index in [9.17, 15) is 0 Å². The molecule has 2 unspecified atom stereocenters. The molecule has 0 aromatic heterocycles. The summed E-state index contributed by atoms with van der Waals surface area (Å²) >= 11 is 12.2. The van der Waals surface area contributed by atoms with Gasteiger partial charge in [0.25, 0.3) is 0 Å². The number of hydrogen-bond acceptors (Lipinski definition) is 2. The van der Waals surface area contributed by atoms with Gasteiger partial charge in [0.1, 0.15) is 0 Å². The lowest BCUT2D eigenvalue weighted by Crippen LogP contribution is -2.36. The number of hydrogen-bond donors (Lipinski definition) is 1. The number of halogens is 2. The van der Waals surface area contributed by atoms with E-state index in [1.807, 2.05) is 18.2 Å². The van der Waals surface area contributed by atoms with Crippen molar-refractivity contribution in [1.29, 1.82) is 0 Å². The first-order valence-corrected chi connectivity index (χ1v) is 6.24. The van der Waals surface area contributed by atoms with Crippen LogP contribution in [0.2, 0.25) is 10.0 Å². The van der Waals surface area contributed by atoms with Crippen molar-refractivity contribution in [1.82, 2.24) is 0 Å².